The van der Waals surface area contributed by atoms with Gasteiger partial charge >= 0.3 is 0 Å². The number of benzene rings is 1. The minimum atomic E-state index is 1.03. The largest absolute Gasteiger partial charge is 0.307 e. The van der Waals surface area contributed by atoms with Gasteiger partial charge in [0.1, 0.15) is 0 Å². The van der Waals surface area contributed by atoms with E-state index in [9.17, 15) is 0 Å². The highest BCUT2D eigenvalue weighted by molar-refractivity contribution is 7.13. The molecule has 1 aromatic heterocycles. The molecule has 98 valence electrons. The molecule has 0 unspecified atom stereocenters. The fraction of sp³-hybridized carbons (Fsp3) is 0.312. The van der Waals surface area contributed by atoms with Crippen LogP contribution in [0, 0.1) is 19.3 Å². The van der Waals surface area contributed by atoms with Crippen molar-refractivity contribution in [3.63, 3.8) is 0 Å². The van der Waals surface area contributed by atoms with Crippen molar-refractivity contribution >= 4 is 17.6 Å². The van der Waals surface area contributed by atoms with Gasteiger partial charge < -0.3 is 5.41 Å². The Morgan fingerprint density at radius 3 is 1.78 bits per heavy atom. The third-order valence-corrected chi connectivity index (χ3v) is 2.79. The van der Waals surface area contributed by atoms with Crippen LogP contribution in [0.1, 0.15) is 35.6 Å². The highest BCUT2D eigenvalue weighted by atomic mass is 32.1. The van der Waals surface area contributed by atoms with E-state index in [-0.39, 0.29) is 0 Å². The molecule has 18 heavy (non-hydrogen) atoms. The van der Waals surface area contributed by atoms with Crippen LogP contribution in [0.25, 0.3) is 0 Å². The Bertz CT molecular complexity index is 418. The van der Waals surface area contributed by atoms with Crippen molar-refractivity contribution in [3.05, 3.63) is 57.8 Å². The maximum absolute atomic E-state index is 6.84. The smallest absolute Gasteiger partial charge is 0.0448 e. The molecule has 0 amide bonds. The van der Waals surface area contributed by atoms with Gasteiger partial charge in [0.15, 0.2) is 0 Å². The first-order valence-electron chi connectivity index (χ1n) is 6.22. The van der Waals surface area contributed by atoms with Gasteiger partial charge in [-0.1, -0.05) is 56.2 Å². The minimum Gasteiger partial charge on any atom is -0.307 e. The van der Waals surface area contributed by atoms with Gasteiger partial charge in [-0.3, -0.25) is 0 Å². The van der Waals surface area contributed by atoms with Crippen LogP contribution in [0.2, 0.25) is 0 Å². The molecule has 2 rings (SSSR count). The molecule has 1 aromatic carbocycles. The predicted octanol–water partition coefficient (Wildman–Crippen LogP) is 5.47. The summed E-state index contributed by atoms with van der Waals surface area (Å²) >= 11 is 1.64. The first kappa shape index (κ1) is 16.6. The van der Waals surface area contributed by atoms with Crippen LogP contribution in [-0.4, -0.2) is 6.21 Å². The van der Waals surface area contributed by atoms with Crippen molar-refractivity contribution in [3.8, 4) is 0 Å². The molecule has 2 heteroatoms. The minimum absolute atomic E-state index is 1.03. The van der Waals surface area contributed by atoms with Gasteiger partial charge in [0.2, 0.25) is 0 Å². The first-order valence-corrected chi connectivity index (χ1v) is 7.04. The molecular formula is C16H23NS. The zero-order valence-corrected chi connectivity index (χ0v) is 12.6. The maximum Gasteiger partial charge on any atom is 0.0448 e. The number of thiophene rings is 1. The monoisotopic (exact) mass is 261 g/mol. The summed E-state index contributed by atoms with van der Waals surface area (Å²) in [5.74, 6) is 0. The van der Waals surface area contributed by atoms with E-state index in [4.69, 9.17) is 5.41 Å². The molecule has 0 aliphatic heterocycles. The fourth-order valence-corrected chi connectivity index (χ4v) is 1.77. The van der Waals surface area contributed by atoms with Crippen molar-refractivity contribution in [2.75, 3.05) is 0 Å². The summed E-state index contributed by atoms with van der Waals surface area (Å²) < 4.78 is 0. The Morgan fingerprint density at radius 2 is 1.56 bits per heavy atom. The van der Waals surface area contributed by atoms with Crippen LogP contribution in [0.5, 0.6) is 0 Å². The van der Waals surface area contributed by atoms with E-state index < -0.39 is 0 Å². The van der Waals surface area contributed by atoms with Crippen LogP contribution in [0.4, 0.5) is 0 Å². The maximum atomic E-state index is 6.84. The molecule has 0 bridgehead atoms. The van der Waals surface area contributed by atoms with Gasteiger partial charge in [-0.2, -0.15) is 0 Å². The van der Waals surface area contributed by atoms with Gasteiger partial charge in [-0.25, -0.2) is 0 Å². The molecule has 0 aliphatic rings. The number of hydrogen-bond donors (Lipinski definition) is 1. The summed E-state index contributed by atoms with van der Waals surface area (Å²) in [6, 6.07) is 14.2. The van der Waals surface area contributed by atoms with E-state index in [1.165, 1.54) is 23.1 Å². The van der Waals surface area contributed by atoms with Crippen molar-refractivity contribution < 1.29 is 0 Å². The standard InChI is InChI=1S/C7H8.C6H7NS.C3H8/c1-7-5-3-2-4-6-7;1-5-2-3-6(4-7)8-5;1-3-2/h2-6H,1H3;2-4,7H,1H3;3H2,1-2H3. The highest BCUT2D eigenvalue weighted by Gasteiger charge is 1.88. The van der Waals surface area contributed by atoms with Gasteiger partial charge in [-0.05, 0) is 26.0 Å². The molecule has 1 nitrogen and oxygen atoms in total. The zero-order valence-electron chi connectivity index (χ0n) is 11.7. The van der Waals surface area contributed by atoms with Crippen LogP contribution >= 0.6 is 11.3 Å². The van der Waals surface area contributed by atoms with Crippen LogP contribution in [-0.2, 0) is 0 Å². The number of nitrogens with one attached hydrogen (secondary N) is 1. The first-order chi connectivity index (χ1) is 8.63. The molecule has 0 atom stereocenters. The lowest BCUT2D eigenvalue weighted by molar-refractivity contribution is 1.09. The van der Waals surface area contributed by atoms with Crippen molar-refractivity contribution in [2.45, 2.75) is 34.1 Å². The Hall–Kier alpha value is -1.41. The summed E-state index contributed by atoms with van der Waals surface area (Å²) in [5, 5.41) is 6.84. The second-order valence-electron chi connectivity index (χ2n) is 3.95. The highest BCUT2D eigenvalue weighted by Crippen LogP contribution is 2.11. The molecule has 2 aromatic rings. The molecular weight excluding hydrogens is 238 g/mol. The lowest BCUT2D eigenvalue weighted by Gasteiger charge is -1.82. The second-order valence-corrected chi connectivity index (χ2v) is 5.27. The van der Waals surface area contributed by atoms with Crippen molar-refractivity contribution in [1.82, 2.24) is 0 Å². The van der Waals surface area contributed by atoms with Crippen molar-refractivity contribution in [2.24, 2.45) is 0 Å². The van der Waals surface area contributed by atoms with Gasteiger partial charge in [0.05, 0.1) is 0 Å². The molecule has 0 saturated heterocycles. The van der Waals surface area contributed by atoms with E-state index in [2.05, 4.69) is 32.9 Å². The predicted molar refractivity (Wildman–Crippen MR) is 84.1 cm³/mol. The fourth-order valence-electron chi connectivity index (χ4n) is 1.07. The van der Waals surface area contributed by atoms with E-state index in [1.807, 2.05) is 37.3 Å². The Morgan fingerprint density at radius 1 is 1.00 bits per heavy atom. The van der Waals surface area contributed by atoms with Gasteiger partial charge in [0.25, 0.3) is 0 Å². The van der Waals surface area contributed by atoms with Gasteiger partial charge in [0, 0.05) is 16.0 Å². The number of aryl methyl sites for hydroxylation is 2. The third-order valence-electron chi connectivity index (χ3n) is 1.84. The van der Waals surface area contributed by atoms with E-state index in [1.54, 1.807) is 11.3 Å². The van der Waals surface area contributed by atoms with E-state index >= 15 is 0 Å². The van der Waals surface area contributed by atoms with E-state index in [0.29, 0.717) is 0 Å². The van der Waals surface area contributed by atoms with Crippen LogP contribution < -0.4 is 0 Å². The summed E-state index contributed by atoms with van der Waals surface area (Å²) in [5.41, 5.74) is 1.32. The zero-order chi connectivity index (χ0) is 13.8. The molecule has 0 radical (unpaired) electrons. The molecule has 0 saturated carbocycles. The molecule has 1 heterocycles. The average Bonchev–Trinajstić information content (AvgIpc) is 2.78. The summed E-state index contributed by atoms with van der Waals surface area (Å²) in [6.45, 7) is 8.37. The number of hydrogen-bond acceptors (Lipinski definition) is 2. The molecule has 0 spiro atoms. The van der Waals surface area contributed by atoms with Gasteiger partial charge in [-0.15, -0.1) is 11.3 Å². The topological polar surface area (TPSA) is 23.9 Å². The van der Waals surface area contributed by atoms with Crippen molar-refractivity contribution in [1.29, 1.82) is 5.41 Å². The SMILES string of the molecule is CCC.Cc1ccc(C=N)s1.Cc1ccccc1. The molecule has 1 N–H and O–H groups in total. The normalized spacial score (nSPS) is 8.44. The Labute approximate surface area is 115 Å². The lowest BCUT2D eigenvalue weighted by Crippen LogP contribution is -1.62. The van der Waals surface area contributed by atoms with Crippen LogP contribution in [0.15, 0.2) is 42.5 Å². The third kappa shape index (κ3) is 8.71. The summed E-state index contributed by atoms with van der Waals surface area (Å²) in [7, 11) is 0. The van der Waals surface area contributed by atoms with Crippen LogP contribution in [0.3, 0.4) is 0 Å². The summed E-state index contributed by atoms with van der Waals surface area (Å²) in [4.78, 5) is 2.30. The Kier molecular flexibility index (Phi) is 9.89. The molecule has 0 aliphatic carbocycles. The lowest BCUT2D eigenvalue weighted by atomic mass is 10.2. The average molecular weight is 261 g/mol. The number of rotatable bonds is 1. The second kappa shape index (κ2) is 10.7. The quantitative estimate of drug-likeness (QED) is 0.659. The Balaban J connectivity index is 0.000000267. The molecule has 0 fully saturated rings. The summed E-state index contributed by atoms with van der Waals surface area (Å²) in [6.07, 6.45) is 2.62. The van der Waals surface area contributed by atoms with E-state index in [0.717, 1.165) is 4.88 Å².